The summed E-state index contributed by atoms with van der Waals surface area (Å²) in [5.41, 5.74) is 1.52. The van der Waals surface area contributed by atoms with E-state index in [4.69, 9.17) is 4.42 Å². The van der Waals surface area contributed by atoms with Gasteiger partial charge in [0.25, 0.3) is 5.22 Å². The highest BCUT2D eigenvalue weighted by Gasteiger charge is 2.19. The maximum absolute atomic E-state index is 12.2. The van der Waals surface area contributed by atoms with Crippen molar-refractivity contribution in [1.29, 1.82) is 0 Å². The van der Waals surface area contributed by atoms with Crippen LogP contribution in [0.4, 0.5) is 5.69 Å². The molecule has 8 heteroatoms. The zero-order valence-corrected chi connectivity index (χ0v) is 15.0. The maximum Gasteiger partial charge on any atom is 0.277 e. The van der Waals surface area contributed by atoms with Gasteiger partial charge >= 0.3 is 0 Å². The number of pyridine rings is 1. The first-order chi connectivity index (χ1) is 11.6. The lowest BCUT2D eigenvalue weighted by atomic mass is 10.3. The Morgan fingerprint density at radius 3 is 2.58 bits per heavy atom. The minimum absolute atomic E-state index is 0.133. The molecule has 0 saturated heterocycles. The Labute approximate surface area is 151 Å². The van der Waals surface area contributed by atoms with Crippen molar-refractivity contribution in [2.75, 3.05) is 5.32 Å². The molecular weight excluding hydrogens is 392 g/mol. The van der Waals surface area contributed by atoms with E-state index in [1.54, 1.807) is 31.5 Å². The van der Waals surface area contributed by atoms with E-state index in [1.165, 1.54) is 11.8 Å². The second-order valence-corrected chi connectivity index (χ2v) is 7.07. The molecule has 1 atom stereocenters. The normalized spacial score (nSPS) is 11.9. The van der Waals surface area contributed by atoms with Crippen LogP contribution in [0.2, 0.25) is 0 Å². The number of benzene rings is 1. The molecule has 6 nitrogen and oxygen atoms in total. The predicted molar refractivity (Wildman–Crippen MR) is 95.6 cm³/mol. The average Bonchev–Trinajstić information content (AvgIpc) is 3.06. The van der Waals surface area contributed by atoms with E-state index in [9.17, 15) is 4.79 Å². The van der Waals surface area contributed by atoms with Gasteiger partial charge in [0.1, 0.15) is 0 Å². The summed E-state index contributed by atoms with van der Waals surface area (Å²) in [5.74, 6) is 0.270. The monoisotopic (exact) mass is 404 g/mol. The molecule has 2 heterocycles. The Morgan fingerprint density at radius 2 is 1.88 bits per heavy atom. The summed E-state index contributed by atoms with van der Waals surface area (Å²) in [7, 11) is 0. The molecule has 1 N–H and O–H groups in total. The van der Waals surface area contributed by atoms with E-state index in [-0.39, 0.29) is 11.2 Å². The number of thioether (sulfide) groups is 1. The van der Waals surface area contributed by atoms with E-state index >= 15 is 0 Å². The van der Waals surface area contributed by atoms with Crippen LogP contribution in [0.15, 0.2) is 62.9 Å². The minimum atomic E-state index is -0.376. The van der Waals surface area contributed by atoms with Crippen molar-refractivity contribution in [3.05, 3.63) is 53.3 Å². The first-order valence-corrected chi connectivity index (χ1v) is 8.76. The zero-order chi connectivity index (χ0) is 16.9. The highest BCUT2D eigenvalue weighted by molar-refractivity contribution is 9.10. The van der Waals surface area contributed by atoms with Gasteiger partial charge in [-0.2, -0.15) is 0 Å². The van der Waals surface area contributed by atoms with Gasteiger partial charge < -0.3 is 9.73 Å². The van der Waals surface area contributed by atoms with Gasteiger partial charge in [0.2, 0.25) is 11.8 Å². The quantitative estimate of drug-likeness (QED) is 0.646. The van der Waals surface area contributed by atoms with Crippen LogP contribution in [0.3, 0.4) is 0 Å². The van der Waals surface area contributed by atoms with Crippen molar-refractivity contribution >= 4 is 39.3 Å². The smallest absolute Gasteiger partial charge is 0.277 e. The third-order valence-electron chi connectivity index (χ3n) is 3.09. The molecule has 1 aromatic carbocycles. The fourth-order valence-electron chi connectivity index (χ4n) is 1.85. The van der Waals surface area contributed by atoms with Crippen LogP contribution in [0.1, 0.15) is 6.92 Å². The molecule has 0 aliphatic rings. The van der Waals surface area contributed by atoms with E-state index in [0.717, 1.165) is 15.7 Å². The van der Waals surface area contributed by atoms with Crippen LogP contribution in [0.25, 0.3) is 11.5 Å². The number of hydrogen-bond acceptors (Lipinski definition) is 6. The summed E-state index contributed by atoms with van der Waals surface area (Å²) >= 11 is 4.57. The minimum Gasteiger partial charge on any atom is -0.411 e. The van der Waals surface area contributed by atoms with Gasteiger partial charge in [-0.3, -0.25) is 9.78 Å². The molecule has 1 unspecified atom stereocenters. The lowest BCUT2D eigenvalue weighted by molar-refractivity contribution is -0.115. The number of aromatic nitrogens is 3. The molecule has 122 valence electrons. The first-order valence-electron chi connectivity index (χ1n) is 7.09. The fourth-order valence-corrected chi connectivity index (χ4v) is 2.80. The van der Waals surface area contributed by atoms with Crippen molar-refractivity contribution in [3.63, 3.8) is 0 Å². The zero-order valence-electron chi connectivity index (χ0n) is 12.6. The number of nitrogens with zero attached hydrogens (tertiary/aromatic N) is 3. The van der Waals surface area contributed by atoms with E-state index in [0.29, 0.717) is 11.1 Å². The Balaban J connectivity index is 1.62. The predicted octanol–water partition coefficient (Wildman–Crippen LogP) is 4.01. The lowest BCUT2D eigenvalue weighted by Gasteiger charge is -2.09. The number of nitrogens with one attached hydrogen (secondary N) is 1. The molecule has 0 saturated carbocycles. The molecule has 24 heavy (non-hydrogen) atoms. The van der Waals surface area contributed by atoms with Crippen LogP contribution in [0.5, 0.6) is 0 Å². The Hall–Kier alpha value is -2.19. The number of hydrogen-bond donors (Lipinski definition) is 1. The summed E-state index contributed by atoms with van der Waals surface area (Å²) in [4.78, 5) is 16.2. The van der Waals surface area contributed by atoms with E-state index in [1.807, 2.05) is 24.3 Å². The Morgan fingerprint density at radius 1 is 1.17 bits per heavy atom. The standard InChI is InChI=1S/C16H13BrN4O2S/c1-10(14(22)19-13-4-2-12(17)3-5-13)24-16-21-20-15(23-16)11-6-8-18-9-7-11/h2-10H,1H3,(H,19,22). The Kier molecular flexibility index (Phi) is 5.27. The lowest BCUT2D eigenvalue weighted by Crippen LogP contribution is -2.22. The molecule has 3 aromatic rings. The van der Waals surface area contributed by atoms with Gasteiger partial charge in [0.05, 0.1) is 5.25 Å². The van der Waals surface area contributed by atoms with Gasteiger partial charge in [-0.05, 0) is 43.3 Å². The summed E-state index contributed by atoms with van der Waals surface area (Å²) in [5, 5.41) is 10.8. The second-order valence-electron chi connectivity index (χ2n) is 4.87. The molecule has 2 aromatic heterocycles. The summed E-state index contributed by atoms with van der Waals surface area (Å²) < 4.78 is 6.54. The number of amides is 1. The van der Waals surface area contributed by atoms with Crippen molar-refractivity contribution < 1.29 is 9.21 Å². The largest absolute Gasteiger partial charge is 0.411 e. The van der Waals surface area contributed by atoms with Crippen molar-refractivity contribution in [2.45, 2.75) is 17.4 Å². The second kappa shape index (κ2) is 7.59. The van der Waals surface area contributed by atoms with E-state index < -0.39 is 0 Å². The number of carbonyl (C=O) groups excluding carboxylic acids is 1. The summed E-state index contributed by atoms with van der Waals surface area (Å²) in [6.45, 7) is 1.79. The van der Waals surface area contributed by atoms with Gasteiger partial charge in [0.15, 0.2) is 0 Å². The molecule has 0 aliphatic heterocycles. The number of carbonyl (C=O) groups is 1. The highest BCUT2D eigenvalue weighted by Crippen LogP contribution is 2.26. The first kappa shape index (κ1) is 16.7. The number of rotatable bonds is 5. The number of halogens is 1. The van der Waals surface area contributed by atoms with Crippen molar-refractivity contribution in [1.82, 2.24) is 15.2 Å². The van der Waals surface area contributed by atoms with Crippen molar-refractivity contribution in [2.24, 2.45) is 0 Å². The highest BCUT2D eigenvalue weighted by atomic mass is 79.9. The van der Waals surface area contributed by atoms with Gasteiger partial charge in [0, 0.05) is 28.1 Å². The van der Waals surface area contributed by atoms with Gasteiger partial charge in [-0.15, -0.1) is 10.2 Å². The van der Waals surface area contributed by atoms with Crippen LogP contribution < -0.4 is 5.32 Å². The molecular formula is C16H13BrN4O2S. The molecule has 0 radical (unpaired) electrons. The molecule has 0 bridgehead atoms. The maximum atomic E-state index is 12.2. The summed E-state index contributed by atoms with van der Waals surface area (Å²) in [6, 6.07) is 11.0. The molecule has 0 fully saturated rings. The third-order valence-corrected chi connectivity index (χ3v) is 4.56. The molecule has 0 spiro atoms. The molecule has 3 rings (SSSR count). The molecule has 1 amide bonds. The SMILES string of the molecule is CC(Sc1nnc(-c2ccncc2)o1)C(=O)Nc1ccc(Br)cc1. The Bertz CT molecular complexity index is 824. The van der Waals surface area contributed by atoms with Crippen LogP contribution in [-0.2, 0) is 4.79 Å². The number of anilines is 1. The summed E-state index contributed by atoms with van der Waals surface area (Å²) in [6.07, 6.45) is 3.31. The van der Waals surface area contributed by atoms with Crippen LogP contribution in [-0.4, -0.2) is 26.3 Å². The van der Waals surface area contributed by atoms with Crippen molar-refractivity contribution in [3.8, 4) is 11.5 Å². The fraction of sp³-hybridized carbons (Fsp3) is 0.125. The van der Waals surface area contributed by atoms with E-state index in [2.05, 4.69) is 36.4 Å². The topological polar surface area (TPSA) is 80.9 Å². The van der Waals surface area contributed by atoms with Gasteiger partial charge in [-0.1, -0.05) is 27.7 Å². The van der Waals surface area contributed by atoms with Crippen LogP contribution >= 0.6 is 27.7 Å². The average molecular weight is 405 g/mol. The van der Waals surface area contributed by atoms with Crippen LogP contribution in [0, 0.1) is 0 Å². The third kappa shape index (κ3) is 4.21. The van der Waals surface area contributed by atoms with Gasteiger partial charge in [-0.25, -0.2) is 0 Å². The molecule has 0 aliphatic carbocycles.